The third-order valence-corrected chi connectivity index (χ3v) is 3.92. The van der Waals surface area contributed by atoms with Gasteiger partial charge in [-0.3, -0.25) is 4.68 Å². The Kier molecular flexibility index (Phi) is 4.84. The molecule has 1 aromatic carbocycles. The molecule has 0 amide bonds. The quantitative estimate of drug-likeness (QED) is 0.743. The molecule has 0 aliphatic heterocycles. The number of hydrogen-bond acceptors (Lipinski definition) is 1. The molecule has 0 radical (unpaired) electrons. The van der Waals surface area contributed by atoms with Gasteiger partial charge >= 0.3 is 0 Å². The van der Waals surface area contributed by atoms with Crippen molar-refractivity contribution in [2.45, 2.75) is 31.6 Å². The number of halogens is 2. The van der Waals surface area contributed by atoms with Crippen LogP contribution in [-0.2, 0) is 18.3 Å². The molecule has 0 saturated heterocycles. The van der Waals surface area contributed by atoms with Crippen molar-refractivity contribution < 1.29 is 0 Å². The second kappa shape index (κ2) is 6.39. The van der Waals surface area contributed by atoms with Crippen molar-refractivity contribution in [2.75, 3.05) is 0 Å². The normalized spacial score (nSPS) is 10.8. The fourth-order valence-corrected chi connectivity index (χ4v) is 2.68. The molecule has 2 rings (SSSR count). The van der Waals surface area contributed by atoms with E-state index in [1.807, 2.05) is 30.5 Å². The van der Waals surface area contributed by atoms with Crippen molar-refractivity contribution in [1.82, 2.24) is 9.78 Å². The summed E-state index contributed by atoms with van der Waals surface area (Å²) in [5.41, 5.74) is 3.68. The Morgan fingerprint density at radius 2 is 2.06 bits per heavy atom. The molecule has 0 aliphatic carbocycles. The summed E-state index contributed by atoms with van der Waals surface area (Å²) in [7, 11) is 0. The first-order chi connectivity index (χ1) is 8.76. The summed E-state index contributed by atoms with van der Waals surface area (Å²) in [6, 6.07) is 7.93. The highest BCUT2D eigenvalue weighted by atomic mass is 79.9. The molecular formula is C14H16BrClN2. The van der Waals surface area contributed by atoms with Crippen molar-refractivity contribution in [3.8, 4) is 0 Å². The summed E-state index contributed by atoms with van der Waals surface area (Å²) in [4.78, 5) is 0. The zero-order valence-corrected chi connectivity index (χ0v) is 12.7. The van der Waals surface area contributed by atoms with Gasteiger partial charge in [0.15, 0.2) is 0 Å². The predicted octanol–water partition coefficient (Wildman–Crippen LogP) is 4.43. The van der Waals surface area contributed by atoms with Crippen molar-refractivity contribution in [1.29, 1.82) is 0 Å². The standard InChI is InChI=1S/C14H16BrClN2/c1-2-5-14-12(8-15)9-17-18(14)10-11-6-3-4-7-13(11)16/h3-4,6-7,9H,2,5,8,10H2,1H3. The van der Waals surface area contributed by atoms with Gasteiger partial charge in [-0.1, -0.05) is 59.1 Å². The highest BCUT2D eigenvalue weighted by Gasteiger charge is 2.10. The molecule has 1 heterocycles. The molecule has 0 saturated carbocycles. The Morgan fingerprint density at radius 3 is 2.72 bits per heavy atom. The van der Waals surface area contributed by atoms with Gasteiger partial charge in [0.1, 0.15) is 0 Å². The van der Waals surface area contributed by atoms with Crippen LogP contribution >= 0.6 is 27.5 Å². The van der Waals surface area contributed by atoms with Crippen molar-refractivity contribution in [2.24, 2.45) is 0 Å². The van der Waals surface area contributed by atoms with Crippen LogP contribution < -0.4 is 0 Å². The molecule has 0 bridgehead atoms. The number of nitrogens with zero attached hydrogens (tertiary/aromatic N) is 2. The van der Waals surface area contributed by atoms with E-state index in [0.717, 1.165) is 35.3 Å². The molecule has 18 heavy (non-hydrogen) atoms. The molecule has 2 nitrogen and oxygen atoms in total. The third-order valence-electron chi connectivity index (χ3n) is 2.94. The van der Waals surface area contributed by atoms with Gasteiger partial charge in [0, 0.05) is 21.6 Å². The lowest BCUT2D eigenvalue weighted by Gasteiger charge is -2.09. The predicted molar refractivity (Wildman–Crippen MR) is 79.4 cm³/mol. The maximum Gasteiger partial charge on any atom is 0.0677 e. The van der Waals surface area contributed by atoms with E-state index in [1.54, 1.807) is 0 Å². The monoisotopic (exact) mass is 326 g/mol. The number of alkyl halides is 1. The Bertz CT molecular complexity index is 522. The zero-order chi connectivity index (χ0) is 13.0. The Hall–Kier alpha value is -0.800. The van der Waals surface area contributed by atoms with Crippen LogP contribution in [0, 0.1) is 0 Å². The van der Waals surface area contributed by atoms with Gasteiger partial charge in [0.25, 0.3) is 0 Å². The Labute approximate surface area is 121 Å². The minimum absolute atomic E-state index is 0.738. The van der Waals surface area contributed by atoms with Gasteiger partial charge in [0.05, 0.1) is 12.7 Å². The first kappa shape index (κ1) is 13.6. The lowest BCUT2D eigenvalue weighted by molar-refractivity contribution is 0.636. The summed E-state index contributed by atoms with van der Waals surface area (Å²) in [5.74, 6) is 0. The van der Waals surface area contributed by atoms with Gasteiger partial charge in [-0.15, -0.1) is 0 Å². The zero-order valence-electron chi connectivity index (χ0n) is 10.4. The molecule has 1 aromatic heterocycles. The fraction of sp³-hybridized carbons (Fsp3) is 0.357. The number of benzene rings is 1. The molecule has 96 valence electrons. The molecule has 0 N–H and O–H groups in total. The summed E-state index contributed by atoms with van der Waals surface area (Å²) < 4.78 is 2.06. The van der Waals surface area contributed by atoms with Crippen LogP contribution in [0.3, 0.4) is 0 Å². The van der Waals surface area contributed by atoms with Crippen molar-refractivity contribution >= 4 is 27.5 Å². The summed E-state index contributed by atoms with van der Waals surface area (Å²) in [5, 5.41) is 6.12. The molecule has 0 aliphatic rings. The Morgan fingerprint density at radius 1 is 1.28 bits per heavy atom. The average Bonchev–Trinajstić information content (AvgIpc) is 2.75. The van der Waals surface area contributed by atoms with Gasteiger partial charge < -0.3 is 0 Å². The van der Waals surface area contributed by atoms with Gasteiger partial charge in [-0.2, -0.15) is 5.10 Å². The van der Waals surface area contributed by atoms with E-state index >= 15 is 0 Å². The average molecular weight is 328 g/mol. The summed E-state index contributed by atoms with van der Waals surface area (Å²) >= 11 is 9.71. The number of hydrogen-bond donors (Lipinski definition) is 0. The van der Waals surface area contributed by atoms with E-state index in [-0.39, 0.29) is 0 Å². The fourth-order valence-electron chi connectivity index (χ4n) is 2.01. The van der Waals surface area contributed by atoms with E-state index in [4.69, 9.17) is 11.6 Å². The first-order valence-corrected chi connectivity index (χ1v) is 7.59. The van der Waals surface area contributed by atoms with Crippen LogP contribution in [0.2, 0.25) is 5.02 Å². The van der Waals surface area contributed by atoms with E-state index < -0.39 is 0 Å². The van der Waals surface area contributed by atoms with E-state index in [0.29, 0.717) is 0 Å². The largest absolute Gasteiger partial charge is 0.265 e. The highest BCUT2D eigenvalue weighted by Crippen LogP contribution is 2.20. The van der Waals surface area contributed by atoms with Crippen LogP contribution in [-0.4, -0.2) is 9.78 Å². The molecule has 2 aromatic rings. The maximum atomic E-state index is 6.19. The second-order valence-electron chi connectivity index (χ2n) is 4.25. The maximum absolute atomic E-state index is 6.19. The molecular weight excluding hydrogens is 312 g/mol. The second-order valence-corrected chi connectivity index (χ2v) is 5.22. The van der Waals surface area contributed by atoms with Crippen LogP contribution in [0.5, 0.6) is 0 Å². The Balaban J connectivity index is 2.29. The molecule has 0 spiro atoms. The SMILES string of the molecule is CCCc1c(CBr)cnn1Cc1ccccc1Cl. The van der Waals surface area contributed by atoms with Crippen LogP contribution in [0.15, 0.2) is 30.5 Å². The topological polar surface area (TPSA) is 17.8 Å². The third kappa shape index (κ3) is 2.96. The van der Waals surface area contributed by atoms with Crippen LogP contribution in [0.4, 0.5) is 0 Å². The van der Waals surface area contributed by atoms with Gasteiger partial charge in [-0.25, -0.2) is 0 Å². The van der Waals surface area contributed by atoms with Gasteiger partial charge in [0.2, 0.25) is 0 Å². The number of rotatable bonds is 5. The lowest BCUT2D eigenvalue weighted by Crippen LogP contribution is -2.07. The smallest absolute Gasteiger partial charge is 0.0677 e. The van der Waals surface area contributed by atoms with E-state index in [1.165, 1.54) is 11.3 Å². The molecule has 0 unspecified atom stereocenters. The molecule has 0 atom stereocenters. The molecule has 0 fully saturated rings. The summed E-state index contributed by atoms with van der Waals surface area (Å²) in [6.45, 7) is 2.92. The van der Waals surface area contributed by atoms with Crippen molar-refractivity contribution in [3.63, 3.8) is 0 Å². The number of aromatic nitrogens is 2. The van der Waals surface area contributed by atoms with E-state index in [9.17, 15) is 0 Å². The minimum atomic E-state index is 0.738. The highest BCUT2D eigenvalue weighted by molar-refractivity contribution is 9.08. The van der Waals surface area contributed by atoms with Crippen molar-refractivity contribution in [3.05, 3.63) is 52.3 Å². The summed E-state index contributed by atoms with van der Waals surface area (Å²) in [6.07, 6.45) is 4.11. The van der Waals surface area contributed by atoms with Gasteiger partial charge in [-0.05, 0) is 18.1 Å². The van der Waals surface area contributed by atoms with Crippen LogP contribution in [0.1, 0.15) is 30.2 Å². The first-order valence-electron chi connectivity index (χ1n) is 6.09. The lowest BCUT2D eigenvalue weighted by atomic mass is 10.1. The molecule has 4 heteroatoms. The van der Waals surface area contributed by atoms with Crippen LogP contribution in [0.25, 0.3) is 0 Å². The van der Waals surface area contributed by atoms with E-state index in [2.05, 4.69) is 32.6 Å². The minimum Gasteiger partial charge on any atom is -0.265 e.